The van der Waals surface area contributed by atoms with Crippen LogP contribution >= 0.6 is 0 Å². The number of aryl methyl sites for hydroxylation is 1. The molecule has 18 heavy (non-hydrogen) atoms. The van der Waals surface area contributed by atoms with Crippen molar-refractivity contribution in [1.82, 2.24) is 14.9 Å². The maximum Gasteiger partial charge on any atom is 0.219 e. The van der Waals surface area contributed by atoms with E-state index in [4.69, 9.17) is 11.5 Å². The molecule has 0 aliphatic carbocycles. The van der Waals surface area contributed by atoms with E-state index in [1.54, 1.807) is 18.7 Å². The van der Waals surface area contributed by atoms with E-state index in [0.717, 1.165) is 0 Å². The van der Waals surface area contributed by atoms with Gasteiger partial charge in [-0.25, -0.2) is 9.97 Å². The Hall–Kier alpha value is -2.05. The van der Waals surface area contributed by atoms with E-state index in [-0.39, 0.29) is 5.91 Å². The molecule has 98 valence electrons. The van der Waals surface area contributed by atoms with Crippen molar-refractivity contribution in [3.8, 4) is 0 Å². The molecule has 7 heteroatoms. The maximum atomic E-state index is 11.3. The first-order valence-electron chi connectivity index (χ1n) is 5.89. The smallest absolute Gasteiger partial charge is 0.219 e. The van der Waals surface area contributed by atoms with Crippen molar-refractivity contribution in [2.75, 3.05) is 42.5 Å². The monoisotopic (exact) mass is 250 g/mol. The minimum atomic E-state index is 0.0933. The first-order chi connectivity index (χ1) is 8.49. The Balaban J connectivity index is 2.17. The van der Waals surface area contributed by atoms with Crippen LogP contribution in [0.25, 0.3) is 0 Å². The second-order valence-electron chi connectivity index (χ2n) is 4.38. The lowest BCUT2D eigenvalue weighted by atomic mass is 10.2. The lowest BCUT2D eigenvalue weighted by Gasteiger charge is -2.36. The molecule has 0 aromatic carbocycles. The highest BCUT2D eigenvalue weighted by Crippen LogP contribution is 2.28. The first kappa shape index (κ1) is 12.4. The normalized spacial score (nSPS) is 15.9. The molecule has 4 N–H and O–H groups in total. The molecular weight excluding hydrogens is 232 g/mol. The number of carbonyl (C=O) groups is 1. The molecule has 1 amide bonds. The van der Waals surface area contributed by atoms with Gasteiger partial charge in [0.15, 0.2) is 11.6 Å². The van der Waals surface area contributed by atoms with Crippen LogP contribution in [0.5, 0.6) is 0 Å². The van der Waals surface area contributed by atoms with Crippen LogP contribution in [0.4, 0.5) is 17.3 Å². The van der Waals surface area contributed by atoms with Crippen LogP contribution in [0, 0.1) is 6.92 Å². The zero-order valence-corrected chi connectivity index (χ0v) is 10.7. The third kappa shape index (κ3) is 2.29. The minimum absolute atomic E-state index is 0.0933. The molecule has 0 atom stereocenters. The summed E-state index contributed by atoms with van der Waals surface area (Å²) < 4.78 is 0. The van der Waals surface area contributed by atoms with Crippen molar-refractivity contribution < 1.29 is 4.79 Å². The molecule has 0 spiro atoms. The van der Waals surface area contributed by atoms with E-state index < -0.39 is 0 Å². The largest absolute Gasteiger partial charge is 0.382 e. The van der Waals surface area contributed by atoms with Gasteiger partial charge in [-0.3, -0.25) is 4.79 Å². The number of nitrogens with zero attached hydrogens (tertiary/aromatic N) is 4. The predicted molar refractivity (Wildman–Crippen MR) is 70.1 cm³/mol. The van der Waals surface area contributed by atoms with Crippen LogP contribution in [0.15, 0.2) is 0 Å². The van der Waals surface area contributed by atoms with Gasteiger partial charge in [0, 0.05) is 33.1 Å². The summed E-state index contributed by atoms with van der Waals surface area (Å²) in [5, 5.41) is 0. The van der Waals surface area contributed by atoms with Crippen LogP contribution in [0.3, 0.4) is 0 Å². The average molecular weight is 250 g/mol. The van der Waals surface area contributed by atoms with Gasteiger partial charge in [-0.15, -0.1) is 0 Å². The third-order valence-electron chi connectivity index (χ3n) is 3.09. The molecule has 1 aliphatic heterocycles. The number of amides is 1. The topological polar surface area (TPSA) is 101 Å². The standard InChI is InChI=1S/C11H18N6O/c1-7-14-10(12)9(11(13)15-7)17-5-3-16(4-6-17)8(2)18/h3-6H2,1-2H3,(H4,12,13,14,15). The van der Waals surface area contributed by atoms with Gasteiger partial charge in [-0.05, 0) is 6.92 Å². The molecule has 0 unspecified atom stereocenters. The van der Waals surface area contributed by atoms with Gasteiger partial charge >= 0.3 is 0 Å². The molecule has 0 bridgehead atoms. The summed E-state index contributed by atoms with van der Waals surface area (Å²) in [4.78, 5) is 23.3. The van der Waals surface area contributed by atoms with Gasteiger partial charge in [0.25, 0.3) is 0 Å². The third-order valence-corrected chi connectivity index (χ3v) is 3.09. The van der Waals surface area contributed by atoms with Gasteiger partial charge in [0.05, 0.1) is 0 Å². The number of piperazine rings is 1. The molecule has 0 radical (unpaired) electrons. The molecular formula is C11H18N6O. The highest BCUT2D eigenvalue weighted by molar-refractivity contribution is 5.77. The zero-order valence-electron chi connectivity index (χ0n) is 10.7. The summed E-state index contributed by atoms with van der Waals surface area (Å²) in [6.07, 6.45) is 0. The second-order valence-corrected chi connectivity index (χ2v) is 4.38. The molecule has 2 rings (SSSR count). The number of anilines is 3. The van der Waals surface area contributed by atoms with Crippen LogP contribution in [-0.2, 0) is 4.79 Å². The molecule has 1 aromatic heterocycles. The fourth-order valence-corrected chi connectivity index (χ4v) is 2.18. The summed E-state index contributed by atoms with van der Waals surface area (Å²) in [5.74, 6) is 1.46. The Bertz CT molecular complexity index is 444. The van der Waals surface area contributed by atoms with Crippen LogP contribution in [0.2, 0.25) is 0 Å². The van der Waals surface area contributed by atoms with Crippen LogP contribution in [0.1, 0.15) is 12.7 Å². The van der Waals surface area contributed by atoms with Crippen LogP contribution < -0.4 is 16.4 Å². The fraction of sp³-hybridized carbons (Fsp3) is 0.545. The van der Waals surface area contributed by atoms with Crippen molar-refractivity contribution in [3.05, 3.63) is 5.82 Å². The number of hydrogen-bond donors (Lipinski definition) is 2. The molecule has 0 saturated carbocycles. The predicted octanol–water partition coefficient (Wildman–Crippen LogP) is -0.382. The molecule has 1 saturated heterocycles. The van der Waals surface area contributed by atoms with Gasteiger partial charge in [0.2, 0.25) is 5.91 Å². The number of nitrogens with two attached hydrogens (primary N) is 2. The van der Waals surface area contributed by atoms with Crippen molar-refractivity contribution in [3.63, 3.8) is 0 Å². The van der Waals surface area contributed by atoms with E-state index in [1.807, 2.05) is 4.90 Å². The Kier molecular flexibility index (Phi) is 3.22. The quantitative estimate of drug-likeness (QED) is 0.704. The van der Waals surface area contributed by atoms with E-state index in [1.165, 1.54) is 0 Å². The van der Waals surface area contributed by atoms with E-state index in [2.05, 4.69) is 9.97 Å². The first-order valence-corrected chi connectivity index (χ1v) is 5.89. The number of aromatic nitrogens is 2. The zero-order chi connectivity index (χ0) is 13.3. The van der Waals surface area contributed by atoms with Gasteiger partial charge in [-0.1, -0.05) is 0 Å². The van der Waals surface area contributed by atoms with Crippen molar-refractivity contribution >= 4 is 23.2 Å². The highest BCUT2D eigenvalue weighted by atomic mass is 16.2. The fourth-order valence-electron chi connectivity index (χ4n) is 2.18. The lowest BCUT2D eigenvalue weighted by Crippen LogP contribution is -2.48. The van der Waals surface area contributed by atoms with E-state index >= 15 is 0 Å². The number of nitrogen functional groups attached to an aromatic ring is 2. The second kappa shape index (κ2) is 4.67. The van der Waals surface area contributed by atoms with Crippen molar-refractivity contribution in [1.29, 1.82) is 0 Å². The highest BCUT2D eigenvalue weighted by Gasteiger charge is 2.22. The lowest BCUT2D eigenvalue weighted by molar-refractivity contribution is -0.129. The van der Waals surface area contributed by atoms with Crippen LogP contribution in [-0.4, -0.2) is 47.0 Å². The molecule has 1 fully saturated rings. The van der Waals surface area contributed by atoms with E-state index in [9.17, 15) is 4.79 Å². The maximum absolute atomic E-state index is 11.3. The molecule has 2 heterocycles. The Morgan fingerprint density at radius 2 is 1.61 bits per heavy atom. The Morgan fingerprint density at radius 1 is 1.11 bits per heavy atom. The summed E-state index contributed by atoms with van der Waals surface area (Å²) in [6.45, 7) is 6.06. The molecule has 7 nitrogen and oxygen atoms in total. The van der Waals surface area contributed by atoms with Gasteiger partial charge in [0.1, 0.15) is 11.5 Å². The molecule has 1 aromatic rings. The van der Waals surface area contributed by atoms with Crippen molar-refractivity contribution in [2.24, 2.45) is 0 Å². The van der Waals surface area contributed by atoms with Gasteiger partial charge < -0.3 is 21.3 Å². The molecule has 1 aliphatic rings. The average Bonchev–Trinajstić information content (AvgIpc) is 2.28. The number of hydrogen-bond acceptors (Lipinski definition) is 6. The number of carbonyl (C=O) groups excluding carboxylic acids is 1. The van der Waals surface area contributed by atoms with Crippen molar-refractivity contribution in [2.45, 2.75) is 13.8 Å². The number of rotatable bonds is 1. The summed E-state index contributed by atoms with van der Waals surface area (Å²) in [6, 6.07) is 0. The summed E-state index contributed by atoms with van der Waals surface area (Å²) in [7, 11) is 0. The summed E-state index contributed by atoms with van der Waals surface area (Å²) in [5.41, 5.74) is 12.5. The van der Waals surface area contributed by atoms with E-state index in [0.29, 0.717) is 49.3 Å². The SMILES string of the molecule is CC(=O)N1CCN(c2c(N)nc(C)nc2N)CC1. The van der Waals surface area contributed by atoms with Gasteiger partial charge in [-0.2, -0.15) is 0 Å². The Labute approximate surface area is 106 Å². The minimum Gasteiger partial charge on any atom is -0.382 e. The Morgan fingerprint density at radius 3 is 2.06 bits per heavy atom. The summed E-state index contributed by atoms with van der Waals surface area (Å²) >= 11 is 0.